The predicted molar refractivity (Wildman–Crippen MR) is 89.4 cm³/mol. The molecular weight excluding hydrogens is 344 g/mol. The molecule has 4 nitrogen and oxygen atoms in total. The lowest BCUT2D eigenvalue weighted by Crippen LogP contribution is -2.13. The van der Waals surface area contributed by atoms with E-state index in [2.05, 4.69) is 21.2 Å². The molecule has 0 aliphatic heterocycles. The van der Waals surface area contributed by atoms with Gasteiger partial charge in [0.15, 0.2) is 0 Å². The van der Waals surface area contributed by atoms with Crippen LogP contribution in [-0.4, -0.2) is 13.0 Å². The van der Waals surface area contributed by atoms with Crippen LogP contribution < -0.4 is 10.1 Å². The number of methoxy groups -OCH3 is 1. The van der Waals surface area contributed by atoms with Gasteiger partial charge in [0.2, 0.25) is 0 Å². The highest BCUT2D eigenvalue weighted by atomic mass is 79.9. The number of rotatable bonds is 4. The Balaban J connectivity index is 2.28. The van der Waals surface area contributed by atoms with Crippen molar-refractivity contribution in [2.75, 3.05) is 12.4 Å². The zero-order valence-electron chi connectivity index (χ0n) is 11.8. The van der Waals surface area contributed by atoms with Crippen LogP contribution in [0.4, 0.5) is 5.69 Å². The minimum Gasteiger partial charge on any atom is -0.496 e. The second-order valence-corrected chi connectivity index (χ2v) is 5.20. The molecule has 0 unspecified atom stereocenters. The van der Waals surface area contributed by atoms with Crippen molar-refractivity contribution in [3.63, 3.8) is 0 Å². The third kappa shape index (κ3) is 3.74. The monoisotopic (exact) mass is 356 g/mol. The van der Waals surface area contributed by atoms with Gasteiger partial charge in [-0.25, -0.2) is 0 Å². The quantitative estimate of drug-likeness (QED) is 0.665. The molecule has 110 valence electrons. The van der Waals surface area contributed by atoms with Crippen LogP contribution in [0.2, 0.25) is 0 Å². The number of carbonyl (C=O) groups excluding carboxylic acids is 1. The van der Waals surface area contributed by atoms with Gasteiger partial charge in [0.25, 0.3) is 5.91 Å². The third-order valence-corrected chi connectivity index (χ3v) is 3.62. The summed E-state index contributed by atoms with van der Waals surface area (Å²) in [7, 11) is 1.54. The third-order valence-electron chi connectivity index (χ3n) is 2.93. The van der Waals surface area contributed by atoms with E-state index in [9.17, 15) is 10.1 Å². The predicted octanol–water partition coefficient (Wildman–Crippen LogP) is 4.00. The maximum Gasteiger partial charge on any atom is 0.266 e. The van der Waals surface area contributed by atoms with Crippen molar-refractivity contribution >= 4 is 33.6 Å². The highest BCUT2D eigenvalue weighted by molar-refractivity contribution is 9.10. The van der Waals surface area contributed by atoms with Crippen molar-refractivity contribution in [2.45, 2.75) is 0 Å². The average molecular weight is 357 g/mol. The highest BCUT2D eigenvalue weighted by Crippen LogP contribution is 2.23. The lowest BCUT2D eigenvalue weighted by Gasteiger charge is -2.07. The van der Waals surface area contributed by atoms with Crippen LogP contribution in [0, 0.1) is 11.3 Å². The molecule has 0 atom stereocenters. The van der Waals surface area contributed by atoms with Crippen molar-refractivity contribution < 1.29 is 9.53 Å². The zero-order valence-corrected chi connectivity index (χ0v) is 13.4. The van der Waals surface area contributed by atoms with E-state index in [1.54, 1.807) is 31.4 Å². The Kier molecular flexibility index (Phi) is 5.34. The summed E-state index contributed by atoms with van der Waals surface area (Å²) in [4.78, 5) is 12.2. The van der Waals surface area contributed by atoms with Crippen molar-refractivity contribution in [3.8, 4) is 11.8 Å². The number of nitrogens with one attached hydrogen (secondary N) is 1. The van der Waals surface area contributed by atoms with Crippen LogP contribution in [0.15, 0.2) is 58.6 Å². The van der Waals surface area contributed by atoms with Crippen LogP contribution in [0.3, 0.4) is 0 Å². The Morgan fingerprint density at radius 3 is 2.59 bits per heavy atom. The fourth-order valence-corrected chi connectivity index (χ4v) is 2.23. The molecule has 0 saturated heterocycles. The Morgan fingerprint density at radius 2 is 1.91 bits per heavy atom. The molecule has 0 heterocycles. The fourth-order valence-electron chi connectivity index (χ4n) is 1.84. The number of hydrogen-bond donors (Lipinski definition) is 1. The van der Waals surface area contributed by atoms with Crippen LogP contribution in [-0.2, 0) is 4.79 Å². The Hall–Kier alpha value is -2.58. The summed E-state index contributed by atoms with van der Waals surface area (Å²) in [6.45, 7) is 0. The number of benzene rings is 2. The molecule has 1 amide bonds. The van der Waals surface area contributed by atoms with Crippen LogP contribution in [0.1, 0.15) is 5.56 Å². The molecule has 0 aliphatic carbocycles. The molecule has 1 N–H and O–H groups in total. The smallest absolute Gasteiger partial charge is 0.266 e. The van der Waals surface area contributed by atoms with Crippen molar-refractivity contribution in [3.05, 3.63) is 64.1 Å². The van der Waals surface area contributed by atoms with Crippen LogP contribution in [0.25, 0.3) is 6.08 Å². The molecule has 2 rings (SSSR count). The molecule has 0 aromatic heterocycles. The summed E-state index contributed by atoms with van der Waals surface area (Å²) < 4.78 is 5.96. The number of nitriles is 1. The van der Waals surface area contributed by atoms with Gasteiger partial charge in [0, 0.05) is 10.0 Å². The number of amides is 1. The molecule has 0 fully saturated rings. The topological polar surface area (TPSA) is 62.1 Å². The summed E-state index contributed by atoms with van der Waals surface area (Å²) in [5.41, 5.74) is 1.28. The van der Waals surface area contributed by atoms with Gasteiger partial charge in [0.1, 0.15) is 17.4 Å². The summed E-state index contributed by atoms with van der Waals surface area (Å²) in [6.07, 6.45) is 1.50. The SMILES string of the molecule is COc1ccccc1/C=C(/C#N)C(=O)Nc1ccccc1Br. The van der Waals surface area contributed by atoms with Gasteiger partial charge in [-0.3, -0.25) is 4.79 Å². The number of anilines is 1. The normalized spacial score (nSPS) is 10.7. The number of hydrogen-bond acceptors (Lipinski definition) is 3. The average Bonchev–Trinajstić information content (AvgIpc) is 2.55. The fraction of sp³-hybridized carbons (Fsp3) is 0.0588. The van der Waals surface area contributed by atoms with E-state index < -0.39 is 5.91 Å². The van der Waals surface area contributed by atoms with E-state index in [4.69, 9.17) is 4.74 Å². The number of ether oxygens (including phenoxy) is 1. The van der Waals surface area contributed by atoms with Crippen molar-refractivity contribution in [2.24, 2.45) is 0 Å². The van der Waals surface area contributed by atoms with Gasteiger partial charge < -0.3 is 10.1 Å². The summed E-state index contributed by atoms with van der Waals surface area (Å²) in [5, 5.41) is 11.9. The zero-order chi connectivity index (χ0) is 15.9. The molecule has 0 spiro atoms. The Labute approximate surface area is 137 Å². The minimum atomic E-state index is -0.472. The van der Waals surface area contributed by atoms with Gasteiger partial charge in [-0.2, -0.15) is 5.26 Å². The number of nitrogens with zero attached hydrogens (tertiary/aromatic N) is 1. The second kappa shape index (κ2) is 7.43. The maximum absolute atomic E-state index is 12.2. The van der Waals surface area contributed by atoms with Crippen LogP contribution >= 0.6 is 15.9 Å². The summed E-state index contributed by atoms with van der Waals surface area (Å²) in [6, 6.07) is 16.3. The van der Waals surface area contributed by atoms with E-state index in [0.29, 0.717) is 17.0 Å². The number of carbonyl (C=O) groups is 1. The molecule has 5 heteroatoms. The molecule has 22 heavy (non-hydrogen) atoms. The molecule has 0 bridgehead atoms. The van der Waals surface area contributed by atoms with Gasteiger partial charge in [0.05, 0.1) is 12.8 Å². The van der Waals surface area contributed by atoms with Gasteiger partial charge >= 0.3 is 0 Å². The number of halogens is 1. The molecule has 0 radical (unpaired) electrons. The van der Waals surface area contributed by atoms with Crippen molar-refractivity contribution in [1.82, 2.24) is 0 Å². The second-order valence-electron chi connectivity index (χ2n) is 4.35. The first-order valence-electron chi connectivity index (χ1n) is 6.46. The first kappa shape index (κ1) is 15.8. The van der Waals surface area contributed by atoms with Gasteiger partial charge in [-0.05, 0) is 40.2 Å². The number of para-hydroxylation sites is 2. The molecular formula is C17H13BrN2O2. The standard InChI is InChI=1S/C17H13BrN2O2/c1-22-16-9-5-2-6-12(16)10-13(11-19)17(21)20-15-8-4-3-7-14(15)18/h2-10H,1H3,(H,20,21)/b13-10-. The first-order valence-corrected chi connectivity index (χ1v) is 7.25. The molecule has 0 saturated carbocycles. The largest absolute Gasteiger partial charge is 0.496 e. The van der Waals surface area contributed by atoms with Gasteiger partial charge in [-0.1, -0.05) is 30.3 Å². The molecule has 2 aromatic rings. The molecule has 0 aliphatic rings. The highest BCUT2D eigenvalue weighted by Gasteiger charge is 2.12. The Bertz CT molecular complexity index is 763. The van der Waals surface area contributed by atoms with Crippen LogP contribution in [0.5, 0.6) is 5.75 Å². The van der Waals surface area contributed by atoms with E-state index in [0.717, 1.165) is 4.47 Å². The Morgan fingerprint density at radius 1 is 1.23 bits per heavy atom. The van der Waals surface area contributed by atoms with E-state index >= 15 is 0 Å². The summed E-state index contributed by atoms with van der Waals surface area (Å²) in [5.74, 6) is 0.129. The van der Waals surface area contributed by atoms with Crippen molar-refractivity contribution in [1.29, 1.82) is 5.26 Å². The summed E-state index contributed by atoms with van der Waals surface area (Å²) >= 11 is 3.35. The maximum atomic E-state index is 12.2. The van der Waals surface area contributed by atoms with E-state index in [1.165, 1.54) is 6.08 Å². The minimum absolute atomic E-state index is 0.000234. The lowest BCUT2D eigenvalue weighted by atomic mass is 10.1. The lowest BCUT2D eigenvalue weighted by molar-refractivity contribution is -0.112. The van der Waals surface area contributed by atoms with E-state index in [-0.39, 0.29) is 5.57 Å². The van der Waals surface area contributed by atoms with E-state index in [1.807, 2.05) is 30.3 Å². The first-order chi connectivity index (χ1) is 10.7. The van der Waals surface area contributed by atoms with Gasteiger partial charge in [-0.15, -0.1) is 0 Å². The molecule has 2 aromatic carbocycles.